The van der Waals surface area contributed by atoms with Crippen LogP contribution in [0.4, 0.5) is 5.69 Å². The van der Waals surface area contributed by atoms with Gasteiger partial charge in [-0.05, 0) is 25.0 Å². The van der Waals surface area contributed by atoms with E-state index >= 15 is 0 Å². The lowest BCUT2D eigenvalue weighted by Crippen LogP contribution is -1.96. The molecule has 82 valence electrons. The normalized spacial score (nSPS) is 15.3. The van der Waals surface area contributed by atoms with Crippen molar-refractivity contribution >= 4 is 5.69 Å². The Morgan fingerprint density at radius 1 is 1.38 bits per heavy atom. The third-order valence-corrected chi connectivity index (χ3v) is 2.74. The number of anilines is 1. The van der Waals surface area contributed by atoms with Crippen LogP contribution in [0.5, 0.6) is 0 Å². The van der Waals surface area contributed by atoms with E-state index < -0.39 is 0 Å². The molecule has 2 heterocycles. The van der Waals surface area contributed by atoms with Crippen LogP contribution in [0.25, 0.3) is 11.5 Å². The molecule has 1 fully saturated rings. The van der Waals surface area contributed by atoms with E-state index in [4.69, 9.17) is 5.73 Å². The Labute approximate surface area is 93.3 Å². The molecule has 0 saturated heterocycles. The van der Waals surface area contributed by atoms with Crippen LogP contribution < -0.4 is 5.73 Å². The Kier molecular flexibility index (Phi) is 1.92. The van der Waals surface area contributed by atoms with E-state index in [9.17, 15) is 0 Å². The van der Waals surface area contributed by atoms with Crippen LogP contribution in [0.1, 0.15) is 24.6 Å². The van der Waals surface area contributed by atoms with Crippen LogP contribution in [-0.2, 0) is 7.05 Å². The van der Waals surface area contributed by atoms with Crippen LogP contribution in [-0.4, -0.2) is 19.7 Å². The van der Waals surface area contributed by atoms with Gasteiger partial charge < -0.3 is 5.73 Å². The van der Waals surface area contributed by atoms with Crippen molar-refractivity contribution in [3.05, 3.63) is 24.2 Å². The molecule has 0 aliphatic heterocycles. The van der Waals surface area contributed by atoms with E-state index in [1.54, 1.807) is 10.9 Å². The highest BCUT2D eigenvalue weighted by atomic mass is 15.3. The van der Waals surface area contributed by atoms with Gasteiger partial charge in [0.15, 0.2) is 11.6 Å². The van der Waals surface area contributed by atoms with E-state index in [-0.39, 0.29) is 0 Å². The molecular weight excluding hydrogens is 202 g/mol. The first-order chi connectivity index (χ1) is 7.74. The van der Waals surface area contributed by atoms with Crippen molar-refractivity contribution in [2.75, 3.05) is 5.73 Å². The van der Waals surface area contributed by atoms with Crippen molar-refractivity contribution < 1.29 is 0 Å². The summed E-state index contributed by atoms with van der Waals surface area (Å²) in [5.74, 6) is 2.31. The highest BCUT2D eigenvalue weighted by Crippen LogP contribution is 2.38. The predicted molar refractivity (Wildman–Crippen MR) is 60.6 cm³/mol. The standard InChI is InChI=1S/C11H13N5/c1-16-11(9-5-4-8(12)6-13-9)14-10(15-16)7-2-3-7/h4-7H,2-3,12H2,1H3. The number of aromatic nitrogens is 4. The summed E-state index contributed by atoms with van der Waals surface area (Å²) in [5, 5.41) is 4.41. The fourth-order valence-electron chi connectivity index (χ4n) is 1.68. The number of hydrogen-bond donors (Lipinski definition) is 1. The van der Waals surface area contributed by atoms with Crippen molar-refractivity contribution in [1.82, 2.24) is 19.7 Å². The fraction of sp³-hybridized carbons (Fsp3) is 0.364. The second kappa shape index (κ2) is 3.30. The monoisotopic (exact) mass is 215 g/mol. The molecule has 0 atom stereocenters. The first kappa shape index (κ1) is 9.33. The molecule has 16 heavy (non-hydrogen) atoms. The van der Waals surface area contributed by atoms with E-state index in [2.05, 4.69) is 15.1 Å². The average Bonchev–Trinajstić information content (AvgIpc) is 3.04. The Morgan fingerprint density at radius 3 is 2.81 bits per heavy atom. The molecule has 2 aromatic rings. The average molecular weight is 215 g/mol. The van der Waals surface area contributed by atoms with Crippen LogP contribution in [0.3, 0.4) is 0 Å². The molecule has 0 radical (unpaired) electrons. The summed E-state index contributed by atoms with van der Waals surface area (Å²) >= 11 is 0. The fourth-order valence-corrected chi connectivity index (χ4v) is 1.68. The van der Waals surface area contributed by atoms with E-state index in [0.29, 0.717) is 11.6 Å². The molecule has 1 aliphatic carbocycles. The molecule has 5 nitrogen and oxygen atoms in total. The zero-order valence-corrected chi connectivity index (χ0v) is 9.09. The van der Waals surface area contributed by atoms with Gasteiger partial charge >= 0.3 is 0 Å². The van der Waals surface area contributed by atoms with Gasteiger partial charge in [-0.15, -0.1) is 0 Å². The number of nitrogens with zero attached hydrogens (tertiary/aromatic N) is 4. The molecular formula is C11H13N5. The largest absolute Gasteiger partial charge is 0.397 e. The van der Waals surface area contributed by atoms with E-state index in [0.717, 1.165) is 17.3 Å². The molecule has 1 saturated carbocycles. The molecule has 0 amide bonds. The SMILES string of the molecule is Cn1nc(C2CC2)nc1-c1ccc(N)cn1. The molecule has 2 N–H and O–H groups in total. The van der Waals surface area contributed by atoms with Crippen molar-refractivity contribution in [2.45, 2.75) is 18.8 Å². The van der Waals surface area contributed by atoms with Crippen molar-refractivity contribution in [1.29, 1.82) is 0 Å². The van der Waals surface area contributed by atoms with Gasteiger partial charge in [0.2, 0.25) is 0 Å². The molecule has 0 spiro atoms. The molecule has 3 rings (SSSR count). The molecule has 5 heteroatoms. The van der Waals surface area contributed by atoms with Crippen LogP contribution in [0.15, 0.2) is 18.3 Å². The highest BCUT2D eigenvalue weighted by Gasteiger charge is 2.28. The quantitative estimate of drug-likeness (QED) is 0.820. The maximum Gasteiger partial charge on any atom is 0.176 e. The predicted octanol–water partition coefficient (Wildman–Crippen LogP) is 1.34. The maximum atomic E-state index is 5.60. The van der Waals surface area contributed by atoms with Gasteiger partial charge in [0.1, 0.15) is 5.69 Å². The summed E-state index contributed by atoms with van der Waals surface area (Å²) in [4.78, 5) is 8.77. The zero-order chi connectivity index (χ0) is 11.1. The van der Waals surface area contributed by atoms with E-state index in [1.807, 2.05) is 19.2 Å². The van der Waals surface area contributed by atoms with Crippen LogP contribution in [0, 0.1) is 0 Å². The summed E-state index contributed by atoms with van der Waals surface area (Å²) < 4.78 is 1.78. The van der Waals surface area contributed by atoms with Gasteiger partial charge in [-0.3, -0.25) is 4.98 Å². The summed E-state index contributed by atoms with van der Waals surface area (Å²) in [6.45, 7) is 0. The lowest BCUT2D eigenvalue weighted by atomic mass is 10.3. The number of nitrogen functional groups attached to an aromatic ring is 1. The maximum absolute atomic E-state index is 5.60. The van der Waals surface area contributed by atoms with Crippen molar-refractivity contribution in [2.24, 2.45) is 7.05 Å². The van der Waals surface area contributed by atoms with Crippen LogP contribution >= 0.6 is 0 Å². The van der Waals surface area contributed by atoms with Gasteiger partial charge in [-0.2, -0.15) is 5.10 Å². The van der Waals surface area contributed by atoms with Crippen molar-refractivity contribution in [3.63, 3.8) is 0 Å². The Hall–Kier alpha value is -1.91. The minimum absolute atomic E-state index is 0.564. The van der Waals surface area contributed by atoms with Crippen LogP contribution in [0.2, 0.25) is 0 Å². The first-order valence-electron chi connectivity index (χ1n) is 5.37. The van der Waals surface area contributed by atoms with Gasteiger partial charge in [0.05, 0.1) is 11.9 Å². The minimum atomic E-state index is 0.564. The Morgan fingerprint density at radius 2 is 2.19 bits per heavy atom. The Balaban J connectivity index is 2.01. The molecule has 2 aromatic heterocycles. The lowest BCUT2D eigenvalue weighted by Gasteiger charge is -1.98. The topological polar surface area (TPSA) is 69.6 Å². The smallest absolute Gasteiger partial charge is 0.176 e. The second-order valence-corrected chi connectivity index (χ2v) is 4.17. The molecule has 1 aliphatic rings. The summed E-state index contributed by atoms with van der Waals surface area (Å²) in [6, 6.07) is 3.70. The number of nitrogens with two attached hydrogens (primary N) is 1. The number of hydrogen-bond acceptors (Lipinski definition) is 4. The first-order valence-corrected chi connectivity index (χ1v) is 5.37. The molecule has 0 unspecified atom stereocenters. The molecule has 0 aromatic carbocycles. The number of aryl methyl sites for hydroxylation is 1. The van der Waals surface area contributed by atoms with Gasteiger partial charge in [0, 0.05) is 13.0 Å². The molecule has 0 bridgehead atoms. The zero-order valence-electron chi connectivity index (χ0n) is 9.09. The number of pyridine rings is 1. The lowest BCUT2D eigenvalue weighted by molar-refractivity contribution is 0.748. The van der Waals surface area contributed by atoms with Crippen molar-refractivity contribution in [3.8, 4) is 11.5 Å². The van der Waals surface area contributed by atoms with Gasteiger partial charge in [-0.1, -0.05) is 0 Å². The Bertz CT molecular complexity index is 510. The summed E-state index contributed by atoms with van der Waals surface area (Å²) in [5.41, 5.74) is 7.08. The van der Waals surface area contributed by atoms with Gasteiger partial charge in [0.25, 0.3) is 0 Å². The summed E-state index contributed by atoms with van der Waals surface area (Å²) in [6.07, 6.45) is 4.05. The third kappa shape index (κ3) is 1.54. The second-order valence-electron chi connectivity index (χ2n) is 4.17. The van der Waals surface area contributed by atoms with E-state index in [1.165, 1.54) is 12.8 Å². The minimum Gasteiger partial charge on any atom is -0.397 e. The third-order valence-electron chi connectivity index (χ3n) is 2.74. The van der Waals surface area contributed by atoms with Gasteiger partial charge in [-0.25, -0.2) is 9.67 Å². The number of rotatable bonds is 2. The highest BCUT2D eigenvalue weighted by molar-refractivity contribution is 5.52. The summed E-state index contributed by atoms with van der Waals surface area (Å²) in [7, 11) is 1.90.